The number of fused-ring (bicyclic) bond motifs is 1. The van der Waals surface area contributed by atoms with Crippen molar-refractivity contribution in [1.82, 2.24) is 4.90 Å². The Balaban J connectivity index is 2.25. The summed E-state index contributed by atoms with van der Waals surface area (Å²) in [5, 5.41) is 8.95. The van der Waals surface area contributed by atoms with E-state index in [0.717, 1.165) is 9.80 Å². The van der Waals surface area contributed by atoms with E-state index in [4.69, 9.17) is 5.11 Å². The zero-order chi connectivity index (χ0) is 14.0. The van der Waals surface area contributed by atoms with Gasteiger partial charge in [-0.15, -0.1) is 24.9 Å². The zero-order valence-corrected chi connectivity index (χ0v) is 10.4. The van der Waals surface area contributed by atoms with Gasteiger partial charge in [-0.1, -0.05) is 0 Å². The van der Waals surface area contributed by atoms with Crippen molar-refractivity contribution in [2.24, 2.45) is 0 Å². The average molecular weight is 293 g/mol. The molecular weight excluding hydrogens is 283 g/mol. The summed E-state index contributed by atoms with van der Waals surface area (Å²) in [5.41, 5.74) is 0.520. The molecule has 1 N–H and O–H groups in total. The van der Waals surface area contributed by atoms with Crippen molar-refractivity contribution >= 4 is 17.9 Å². The summed E-state index contributed by atoms with van der Waals surface area (Å²) < 4.78 is 40.2. The summed E-state index contributed by atoms with van der Waals surface area (Å²) >= 11 is 1.42. The lowest BCUT2D eigenvalue weighted by molar-refractivity contribution is -0.274. The van der Waals surface area contributed by atoms with Crippen molar-refractivity contribution in [3.63, 3.8) is 0 Å². The average Bonchev–Trinajstić information content (AvgIpc) is 2.48. The number of halogens is 3. The molecule has 1 amide bonds. The number of alkyl halides is 3. The maximum absolute atomic E-state index is 12.1. The van der Waals surface area contributed by atoms with Crippen molar-refractivity contribution in [2.45, 2.75) is 17.8 Å². The lowest BCUT2D eigenvalue weighted by Gasteiger charge is -2.17. The highest BCUT2D eigenvalue weighted by atomic mass is 32.2. The topological polar surface area (TPSA) is 49.8 Å². The Hall–Kier alpha value is -1.57. The summed E-state index contributed by atoms with van der Waals surface area (Å²) in [6.07, 6.45) is -5.84. The van der Waals surface area contributed by atoms with E-state index in [9.17, 15) is 18.0 Å². The quantitative estimate of drug-likeness (QED) is 0.864. The van der Waals surface area contributed by atoms with Crippen LogP contribution in [0.15, 0.2) is 23.1 Å². The fourth-order valence-corrected chi connectivity index (χ4v) is 2.74. The highest BCUT2D eigenvalue weighted by Gasteiger charge is 2.31. The number of hydrogen-bond acceptors (Lipinski definition) is 3. The molecule has 1 aromatic rings. The number of nitrogens with zero attached hydrogens (tertiary/aromatic N) is 1. The minimum absolute atomic E-state index is 0.0622. The first kappa shape index (κ1) is 13.9. The van der Waals surface area contributed by atoms with Crippen molar-refractivity contribution in [2.75, 3.05) is 12.3 Å². The third-order valence-electron chi connectivity index (χ3n) is 2.52. The molecule has 0 fully saturated rings. The smallest absolute Gasteiger partial charge is 0.465 e. The molecule has 0 saturated heterocycles. The van der Waals surface area contributed by atoms with E-state index in [0.29, 0.717) is 17.9 Å². The van der Waals surface area contributed by atoms with Crippen molar-refractivity contribution < 1.29 is 27.8 Å². The van der Waals surface area contributed by atoms with Crippen LogP contribution in [0, 0.1) is 0 Å². The van der Waals surface area contributed by atoms with Gasteiger partial charge >= 0.3 is 12.5 Å². The zero-order valence-electron chi connectivity index (χ0n) is 9.61. The highest BCUT2D eigenvalue weighted by Crippen LogP contribution is 2.32. The van der Waals surface area contributed by atoms with Crippen LogP contribution in [0.3, 0.4) is 0 Å². The van der Waals surface area contributed by atoms with E-state index < -0.39 is 12.5 Å². The number of rotatable bonds is 1. The SMILES string of the molecule is O=C(O)N1CCSc2ccc(OC(F)(F)F)cc2C1. The largest absolute Gasteiger partial charge is 0.573 e. The second kappa shape index (κ2) is 5.20. The van der Waals surface area contributed by atoms with Gasteiger partial charge in [0.25, 0.3) is 0 Å². The summed E-state index contributed by atoms with van der Waals surface area (Å²) in [4.78, 5) is 12.9. The molecule has 2 rings (SSSR count). The minimum Gasteiger partial charge on any atom is -0.465 e. The monoisotopic (exact) mass is 293 g/mol. The highest BCUT2D eigenvalue weighted by molar-refractivity contribution is 7.99. The number of amides is 1. The first-order valence-corrected chi connectivity index (χ1v) is 6.33. The Labute approximate surface area is 111 Å². The number of carbonyl (C=O) groups is 1. The lowest BCUT2D eigenvalue weighted by atomic mass is 10.2. The van der Waals surface area contributed by atoms with E-state index >= 15 is 0 Å². The van der Waals surface area contributed by atoms with Crippen molar-refractivity contribution in [1.29, 1.82) is 0 Å². The number of benzene rings is 1. The minimum atomic E-state index is -4.75. The molecule has 4 nitrogen and oxygen atoms in total. The third kappa shape index (κ3) is 3.69. The molecule has 1 aliphatic rings. The van der Waals surface area contributed by atoms with Crippen LogP contribution in [0.2, 0.25) is 0 Å². The summed E-state index contributed by atoms with van der Waals surface area (Å²) in [5.74, 6) is 0.234. The summed E-state index contributed by atoms with van der Waals surface area (Å²) in [7, 11) is 0. The van der Waals surface area contributed by atoms with Crippen LogP contribution in [-0.4, -0.2) is 34.8 Å². The van der Waals surface area contributed by atoms with Crippen LogP contribution >= 0.6 is 11.8 Å². The van der Waals surface area contributed by atoms with E-state index in [-0.39, 0.29) is 12.3 Å². The van der Waals surface area contributed by atoms with Crippen LogP contribution < -0.4 is 4.74 Å². The Bertz CT molecular complexity index is 493. The van der Waals surface area contributed by atoms with Gasteiger partial charge in [0.1, 0.15) is 5.75 Å². The van der Waals surface area contributed by atoms with Gasteiger partial charge in [0.15, 0.2) is 0 Å². The molecule has 1 heterocycles. The van der Waals surface area contributed by atoms with E-state index in [1.165, 1.54) is 30.0 Å². The maximum Gasteiger partial charge on any atom is 0.573 e. The van der Waals surface area contributed by atoms with Gasteiger partial charge in [-0.2, -0.15) is 0 Å². The van der Waals surface area contributed by atoms with Gasteiger partial charge in [0.05, 0.1) is 6.54 Å². The van der Waals surface area contributed by atoms with Crippen molar-refractivity contribution in [3.8, 4) is 5.75 Å². The van der Waals surface area contributed by atoms with Crippen LogP contribution in [0.5, 0.6) is 5.75 Å². The van der Waals surface area contributed by atoms with Crippen LogP contribution in [0.25, 0.3) is 0 Å². The molecule has 0 unspecified atom stereocenters. The number of thioether (sulfide) groups is 1. The second-order valence-electron chi connectivity index (χ2n) is 3.87. The van der Waals surface area contributed by atoms with Crippen molar-refractivity contribution in [3.05, 3.63) is 23.8 Å². The van der Waals surface area contributed by atoms with Gasteiger partial charge in [0.2, 0.25) is 0 Å². The van der Waals surface area contributed by atoms with Gasteiger partial charge in [0, 0.05) is 17.2 Å². The first-order valence-electron chi connectivity index (χ1n) is 5.34. The Morgan fingerprint density at radius 1 is 1.42 bits per heavy atom. The predicted molar refractivity (Wildman–Crippen MR) is 62.3 cm³/mol. The Morgan fingerprint density at radius 2 is 2.16 bits per heavy atom. The lowest BCUT2D eigenvalue weighted by Crippen LogP contribution is -2.29. The van der Waals surface area contributed by atoms with E-state index in [1.54, 1.807) is 0 Å². The van der Waals surface area contributed by atoms with E-state index in [2.05, 4.69) is 4.74 Å². The fourth-order valence-electron chi connectivity index (χ4n) is 1.73. The first-order chi connectivity index (χ1) is 8.85. The fraction of sp³-hybridized carbons (Fsp3) is 0.364. The maximum atomic E-state index is 12.1. The summed E-state index contributed by atoms with van der Waals surface area (Å²) in [6, 6.07) is 3.99. The Morgan fingerprint density at radius 3 is 2.79 bits per heavy atom. The van der Waals surface area contributed by atoms with Crippen LogP contribution in [-0.2, 0) is 6.54 Å². The normalized spacial score (nSPS) is 15.6. The predicted octanol–water partition coefficient (Wildman–Crippen LogP) is 3.17. The van der Waals surface area contributed by atoms with E-state index in [1.807, 2.05) is 0 Å². The standard InChI is InChI=1S/C11H10F3NO3S/c12-11(13,14)18-8-1-2-9-7(5-8)6-15(10(16)17)3-4-19-9/h1-2,5H,3-4,6H2,(H,16,17). The van der Waals surface area contributed by atoms with Gasteiger partial charge in [-0.25, -0.2) is 4.79 Å². The number of ether oxygens (including phenoxy) is 1. The summed E-state index contributed by atoms with van der Waals surface area (Å²) in [6.45, 7) is 0.400. The Kier molecular flexibility index (Phi) is 3.79. The molecule has 0 aliphatic carbocycles. The molecule has 0 radical (unpaired) electrons. The molecule has 0 saturated carbocycles. The molecule has 0 aromatic heterocycles. The van der Waals surface area contributed by atoms with Gasteiger partial charge < -0.3 is 14.7 Å². The molecule has 0 atom stereocenters. The molecule has 0 bridgehead atoms. The number of carboxylic acid groups (broad SMARTS) is 1. The number of hydrogen-bond donors (Lipinski definition) is 1. The van der Waals surface area contributed by atoms with Gasteiger partial charge in [-0.05, 0) is 23.8 Å². The molecular formula is C11H10F3NO3S. The second-order valence-corrected chi connectivity index (χ2v) is 5.01. The third-order valence-corrected chi connectivity index (χ3v) is 3.61. The van der Waals surface area contributed by atoms with Gasteiger partial charge in [-0.3, -0.25) is 0 Å². The molecule has 104 valence electrons. The molecule has 1 aromatic carbocycles. The molecule has 8 heteroatoms. The van der Waals surface area contributed by atoms with Crippen LogP contribution in [0.4, 0.5) is 18.0 Å². The van der Waals surface area contributed by atoms with Crippen LogP contribution in [0.1, 0.15) is 5.56 Å². The molecule has 0 spiro atoms. The molecule has 19 heavy (non-hydrogen) atoms. The molecule has 1 aliphatic heterocycles.